The van der Waals surface area contributed by atoms with Gasteiger partial charge in [0.2, 0.25) is 0 Å². The third kappa shape index (κ3) is 2.43. The summed E-state index contributed by atoms with van der Waals surface area (Å²) in [5.74, 6) is -0.839. The zero-order chi connectivity index (χ0) is 12.6. The predicted molar refractivity (Wildman–Crippen MR) is 68.7 cm³/mol. The zero-order valence-corrected chi connectivity index (χ0v) is 10.7. The smallest absolute Gasteiger partial charge is 0.337 e. The van der Waals surface area contributed by atoms with E-state index in [0.717, 1.165) is 30.8 Å². The molecule has 1 saturated heterocycles. The molecule has 0 unspecified atom stereocenters. The van der Waals surface area contributed by atoms with Gasteiger partial charge in [-0.05, 0) is 30.9 Å². The van der Waals surface area contributed by atoms with Crippen LogP contribution in [-0.4, -0.2) is 24.2 Å². The average molecular weight is 233 g/mol. The fraction of sp³-hybridized carbons (Fsp3) is 0.500. The van der Waals surface area contributed by atoms with Gasteiger partial charge in [-0.1, -0.05) is 25.5 Å². The molecule has 1 N–H and O–H groups in total. The highest BCUT2D eigenvalue weighted by molar-refractivity contribution is 5.94. The fourth-order valence-electron chi connectivity index (χ4n) is 2.41. The number of rotatable bonds is 2. The number of carboxylic acid groups (broad SMARTS) is 1. The lowest BCUT2D eigenvalue weighted by molar-refractivity contribution is 0.0697. The van der Waals surface area contributed by atoms with Crippen LogP contribution in [-0.2, 0) is 0 Å². The largest absolute Gasteiger partial charge is 0.478 e. The molecule has 2 rings (SSSR count). The second-order valence-corrected chi connectivity index (χ2v) is 5.66. The Balaban J connectivity index is 2.36. The van der Waals surface area contributed by atoms with Crippen LogP contribution in [0.2, 0.25) is 0 Å². The Morgan fingerprint density at radius 3 is 2.65 bits per heavy atom. The van der Waals surface area contributed by atoms with Gasteiger partial charge in [-0.25, -0.2) is 4.79 Å². The topological polar surface area (TPSA) is 40.5 Å². The summed E-state index contributed by atoms with van der Waals surface area (Å²) in [6.45, 7) is 8.24. The number of aromatic carboxylic acids is 1. The first-order valence-corrected chi connectivity index (χ1v) is 5.98. The van der Waals surface area contributed by atoms with E-state index in [0.29, 0.717) is 5.56 Å². The van der Waals surface area contributed by atoms with Crippen LogP contribution in [0.25, 0.3) is 0 Å². The van der Waals surface area contributed by atoms with Gasteiger partial charge in [0.25, 0.3) is 0 Å². The minimum absolute atomic E-state index is 0.278. The van der Waals surface area contributed by atoms with E-state index >= 15 is 0 Å². The molecule has 1 fully saturated rings. The zero-order valence-electron chi connectivity index (χ0n) is 10.7. The number of carboxylic acids is 1. The Labute approximate surface area is 102 Å². The van der Waals surface area contributed by atoms with Gasteiger partial charge in [-0.3, -0.25) is 0 Å². The second kappa shape index (κ2) is 4.06. The van der Waals surface area contributed by atoms with Crippen molar-refractivity contribution >= 4 is 11.7 Å². The predicted octanol–water partition coefficient (Wildman–Crippen LogP) is 2.93. The van der Waals surface area contributed by atoms with Crippen LogP contribution in [0, 0.1) is 12.3 Å². The normalized spacial score (nSPS) is 18.4. The number of carbonyl (C=O) groups is 1. The van der Waals surface area contributed by atoms with Crippen LogP contribution in [0.15, 0.2) is 18.2 Å². The number of benzene rings is 1. The lowest BCUT2D eigenvalue weighted by atomic mass is 9.93. The molecule has 1 aliphatic rings. The Hall–Kier alpha value is -1.51. The molecule has 0 saturated carbocycles. The number of aryl methyl sites for hydroxylation is 1. The molecule has 1 aliphatic heterocycles. The molecule has 0 atom stereocenters. The van der Waals surface area contributed by atoms with E-state index in [9.17, 15) is 9.90 Å². The van der Waals surface area contributed by atoms with Crippen molar-refractivity contribution < 1.29 is 9.90 Å². The molecule has 92 valence electrons. The van der Waals surface area contributed by atoms with Crippen LogP contribution in [0.3, 0.4) is 0 Å². The van der Waals surface area contributed by atoms with Gasteiger partial charge >= 0.3 is 5.97 Å². The Bertz CT molecular complexity index is 452. The average Bonchev–Trinajstić information content (AvgIpc) is 2.58. The SMILES string of the molecule is Cc1ccc(N2CCC(C)(C)C2)c(C(=O)O)c1. The van der Waals surface area contributed by atoms with Crippen molar-refractivity contribution in [2.45, 2.75) is 27.2 Å². The maximum Gasteiger partial charge on any atom is 0.337 e. The third-order valence-electron chi connectivity index (χ3n) is 3.40. The Kier molecular flexibility index (Phi) is 2.86. The summed E-state index contributed by atoms with van der Waals surface area (Å²) in [5.41, 5.74) is 2.54. The molecule has 0 aliphatic carbocycles. The fourth-order valence-corrected chi connectivity index (χ4v) is 2.41. The van der Waals surface area contributed by atoms with Crippen molar-refractivity contribution in [3.05, 3.63) is 29.3 Å². The van der Waals surface area contributed by atoms with Crippen LogP contribution in [0.1, 0.15) is 36.2 Å². The van der Waals surface area contributed by atoms with Crippen LogP contribution in [0.4, 0.5) is 5.69 Å². The highest BCUT2D eigenvalue weighted by Gasteiger charge is 2.31. The summed E-state index contributed by atoms with van der Waals surface area (Å²) in [7, 11) is 0. The van der Waals surface area contributed by atoms with Crippen molar-refractivity contribution in [1.82, 2.24) is 0 Å². The summed E-state index contributed by atoms with van der Waals surface area (Å²) in [6, 6.07) is 5.66. The number of hydrogen-bond acceptors (Lipinski definition) is 2. The van der Waals surface area contributed by atoms with Crippen molar-refractivity contribution in [2.24, 2.45) is 5.41 Å². The van der Waals surface area contributed by atoms with Crippen molar-refractivity contribution in [3.8, 4) is 0 Å². The quantitative estimate of drug-likeness (QED) is 0.853. The Morgan fingerprint density at radius 2 is 2.12 bits per heavy atom. The van der Waals surface area contributed by atoms with E-state index in [2.05, 4.69) is 18.7 Å². The van der Waals surface area contributed by atoms with Crippen molar-refractivity contribution in [1.29, 1.82) is 0 Å². The van der Waals surface area contributed by atoms with Gasteiger partial charge in [0.05, 0.1) is 11.3 Å². The minimum atomic E-state index is -0.839. The first-order chi connectivity index (χ1) is 7.89. The maximum absolute atomic E-state index is 11.3. The first-order valence-electron chi connectivity index (χ1n) is 5.98. The Morgan fingerprint density at radius 1 is 1.41 bits per heavy atom. The number of hydrogen-bond donors (Lipinski definition) is 1. The van der Waals surface area contributed by atoms with Crippen LogP contribution >= 0.6 is 0 Å². The van der Waals surface area contributed by atoms with Gasteiger partial charge in [0.15, 0.2) is 0 Å². The molecule has 0 amide bonds. The molecular formula is C14H19NO2. The monoisotopic (exact) mass is 233 g/mol. The van der Waals surface area contributed by atoms with E-state index in [1.807, 2.05) is 19.1 Å². The van der Waals surface area contributed by atoms with E-state index in [1.165, 1.54) is 0 Å². The van der Waals surface area contributed by atoms with Crippen LogP contribution in [0.5, 0.6) is 0 Å². The molecule has 3 heteroatoms. The molecule has 1 aromatic rings. The summed E-state index contributed by atoms with van der Waals surface area (Å²) >= 11 is 0. The van der Waals surface area contributed by atoms with E-state index in [4.69, 9.17) is 0 Å². The van der Waals surface area contributed by atoms with Gasteiger partial charge in [-0.15, -0.1) is 0 Å². The van der Waals surface area contributed by atoms with Crippen LogP contribution < -0.4 is 4.90 Å². The lowest BCUT2D eigenvalue weighted by Crippen LogP contribution is -2.24. The summed E-state index contributed by atoms with van der Waals surface area (Å²) in [6.07, 6.45) is 1.11. The van der Waals surface area contributed by atoms with Gasteiger partial charge < -0.3 is 10.0 Å². The maximum atomic E-state index is 11.3. The van der Waals surface area contributed by atoms with E-state index < -0.39 is 5.97 Å². The molecule has 0 radical (unpaired) electrons. The molecule has 17 heavy (non-hydrogen) atoms. The molecule has 0 spiro atoms. The van der Waals surface area contributed by atoms with Crippen molar-refractivity contribution in [2.75, 3.05) is 18.0 Å². The third-order valence-corrected chi connectivity index (χ3v) is 3.40. The van der Waals surface area contributed by atoms with Crippen molar-refractivity contribution in [3.63, 3.8) is 0 Å². The summed E-state index contributed by atoms with van der Waals surface area (Å²) in [5, 5.41) is 9.25. The molecule has 1 heterocycles. The van der Waals surface area contributed by atoms with E-state index in [-0.39, 0.29) is 5.41 Å². The highest BCUT2D eigenvalue weighted by atomic mass is 16.4. The highest BCUT2D eigenvalue weighted by Crippen LogP contribution is 2.34. The van der Waals surface area contributed by atoms with E-state index in [1.54, 1.807) is 6.07 Å². The second-order valence-electron chi connectivity index (χ2n) is 5.66. The molecule has 0 aromatic heterocycles. The lowest BCUT2D eigenvalue weighted by Gasteiger charge is -2.23. The number of anilines is 1. The summed E-state index contributed by atoms with van der Waals surface area (Å²) in [4.78, 5) is 13.4. The standard InChI is InChI=1S/C14H19NO2/c1-10-4-5-12(11(8-10)13(16)17)15-7-6-14(2,3)9-15/h4-5,8H,6-7,9H2,1-3H3,(H,16,17). The molecule has 3 nitrogen and oxygen atoms in total. The first kappa shape index (κ1) is 12.0. The van der Waals surface area contributed by atoms with Gasteiger partial charge in [0.1, 0.15) is 0 Å². The molecule has 1 aromatic carbocycles. The van der Waals surface area contributed by atoms with Gasteiger partial charge in [0, 0.05) is 13.1 Å². The minimum Gasteiger partial charge on any atom is -0.478 e. The van der Waals surface area contributed by atoms with Gasteiger partial charge in [-0.2, -0.15) is 0 Å². The molecular weight excluding hydrogens is 214 g/mol. The molecule has 0 bridgehead atoms. The number of nitrogens with zero attached hydrogens (tertiary/aromatic N) is 1. The summed E-state index contributed by atoms with van der Waals surface area (Å²) < 4.78 is 0.